The first-order chi connectivity index (χ1) is 8.69. The van der Waals surface area contributed by atoms with Crippen molar-refractivity contribution < 1.29 is 0 Å². The maximum absolute atomic E-state index is 6.29. The Labute approximate surface area is 130 Å². The summed E-state index contributed by atoms with van der Waals surface area (Å²) in [6.07, 6.45) is 0. The summed E-state index contributed by atoms with van der Waals surface area (Å²) in [5.74, 6) is 1.05. The van der Waals surface area contributed by atoms with E-state index in [4.69, 9.17) is 23.2 Å². The lowest BCUT2D eigenvalue weighted by Crippen LogP contribution is -2.37. The second-order valence-electron chi connectivity index (χ2n) is 4.18. The van der Waals surface area contributed by atoms with Crippen LogP contribution in [0.1, 0.15) is 18.5 Å². The van der Waals surface area contributed by atoms with Gasteiger partial charge < -0.3 is 10.2 Å². The van der Waals surface area contributed by atoms with Crippen LogP contribution >= 0.6 is 35.6 Å². The minimum absolute atomic E-state index is 0. The van der Waals surface area contributed by atoms with E-state index in [9.17, 15) is 0 Å². The van der Waals surface area contributed by atoms with E-state index in [-0.39, 0.29) is 18.4 Å². The van der Waals surface area contributed by atoms with E-state index in [0.29, 0.717) is 10.0 Å². The Morgan fingerprint density at radius 3 is 2.79 bits per heavy atom. The monoisotopic (exact) mass is 321 g/mol. The molecule has 0 spiro atoms. The van der Waals surface area contributed by atoms with Gasteiger partial charge in [0.2, 0.25) is 0 Å². The quantitative estimate of drug-likeness (QED) is 0.920. The molecule has 106 valence electrons. The second kappa shape index (κ2) is 7.34. The molecule has 0 saturated carbocycles. The zero-order valence-electron chi connectivity index (χ0n) is 11.0. The molecule has 0 aromatic heterocycles. The van der Waals surface area contributed by atoms with Gasteiger partial charge in [-0.15, -0.1) is 12.4 Å². The molecule has 1 aromatic rings. The zero-order chi connectivity index (χ0) is 13.1. The first-order valence-corrected chi connectivity index (χ1v) is 6.85. The Morgan fingerprint density at radius 1 is 1.42 bits per heavy atom. The molecule has 1 atom stereocenters. The Balaban J connectivity index is 0.00000180. The lowest BCUT2D eigenvalue weighted by Gasteiger charge is -2.26. The number of nitrogens with zero attached hydrogens (tertiary/aromatic N) is 2. The fourth-order valence-electron chi connectivity index (χ4n) is 2.26. The third-order valence-corrected chi connectivity index (χ3v) is 4.02. The summed E-state index contributed by atoms with van der Waals surface area (Å²) in [7, 11) is 1.91. The highest BCUT2D eigenvalue weighted by Crippen LogP contribution is 2.31. The second-order valence-corrected chi connectivity index (χ2v) is 4.97. The molecular weight excluding hydrogens is 305 g/mol. The van der Waals surface area contributed by atoms with Gasteiger partial charge in [0, 0.05) is 13.1 Å². The van der Waals surface area contributed by atoms with Crippen LogP contribution < -0.4 is 5.32 Å². The molecular formula is C13H18Cl3N3. The average Bonchev–Trinajstić information content (AvgIpc) is 2.83. The fraction of sp³-hybridized carbons (Fsp3) is 0.462. The van der Waals surface area contributed by atoms with Crippen molar-refractivity contribution in [1.82, 2.24) is 10.2 Å². The summed E-state index contributed by atoms with van der Waals surface area (Å²) < 4.78 is 0. The molecule has 0 amide bonds. The lowest BCUT2D eigenvalue weighted by molar-refractivity contribution is 0.460. The number of hydrogen-bond donors (Lipinski definition) is 1. The normalized spacial score (nSPS) is 16.0. The van der Waals surface area contributed by atoms with Crippen molar-refractivity contribution in [2.24, 2.45) is 4.99 Å². The van der Waals surface area contributed by atoms with E-state index in [1.54, 1.807) is 6.07 Å². The first kappa shape index (κ1) is 16.6. The predicted octanol–water partition coefficient (Wildman–Crippen LogP) is 3.41. The molecule has 19 heavy (non-hydrogen) atoms. The largest absolute Gasteiger partial charge is 0.357 e. The van der Waals surface area contributed by atoms with E-state index < -0.39 is 0 Å². The van der Waals surface area contributed by atoms with Crippen molar-refractivity contribution >= 4 is 41.4 Å². The van der Waals surface area contributed by atoms with Crippen LogP contribution in [-0.2, 0) is 0 Å². The number of rotatable bonds is 4. The number of aliphatic imine (C=N–C) groups is 1. The van der Waals surface area contributed by atoms with E-state index in [1.807, 2.05) is 19.2 Å². The predicted molar refractivity (Wildman–Crippen MR) is 85.1 cm³/mol. The van der Waals surface area contributed by atoms with Gasteiger partial charge in [-0.05, 0) is 25.6 Å². The Bertz CT molecular complexity index is 462. The van der Waals surface area contributed by atoms with Crippen LogP contribution in [0.15, 0.2) is 23.2 Å². The lowest BCUT2D eigenvalue weighted by atomic mass is 10.1. The number of likely N-dealkylation sites (N-methyl/N-ethyl adjacent to an activating group) is 2. The van der Waals surface area contributed by atoms with Crippen LogP contribution in [-0.4, -0.2) is 37.4 Å². The van der Waals surface area contributed by atoms with Crippen molar-refractivity contribution in [3.63, 3.8) is 0 Å². The molecule has 0 radical (unpaired) electrons. The smallest absolute Gasteiger partial charge is 0.121 e. The molecule has 1 heterocycles. The van der Waals surface area contributed by atoms with Crippen LogP contribution in [0.2, 0.25) is 10.0 Å². The SMILES string of the molecule is CCN1CCN=C1C(NC)c1cccc(Cl)c1Cl.Cl. The molecule has 1 aliphatic rings. The molecule has 1 unspecified atom stereocenters. The molecule has 0 bridgehead atoms. The van der Waals surface area contributed by atoms with E-state index in [2.05, 4.69) is 22.1 Å². The van der Waals surface area contributed by atoms with Crippen LogP contribution in [0.25, 0.3) is 0 Å². The maximum atomic E-state index is 6.29. The third-order valence-electron chi connectivity index (χ3n) is 3.19. The molecule has 1 aliphatic heterocycles. The Hall–Kier alpha value is -0.480. The molecule has 6 heteroatoms. The van der Waals surface area contributed by atoms with Crippen LogP contribution in [0, 0.1) is 0 Å². The Morgan fingerprint density at radius 2 is 2.16 bits per heavy atom. The van der Waals surface area contributed by atoms with E-state index in [0.717, 1.165) is 31.0 Å². The molecule has 0 saturated heterocycles. The van der Waals surface area contributed by atoms with Crippen molar-refractivity contribution in [2.75, 3.05) is 26.7 Å². The van der Waals surface area contributed by atoms with Gasteiger partial charge in [0.15, 0.2) is 0 Å². The topological polar surface area (TPSA) is 27.6 Å². The number of hydrogen-bond acceptors (Lipinski definition) is 3. The fourth-order valence-corrected chi connectivity index (χ4v) is 2.68. The minimum Gasteiger partial charge on any atom is -0.357 e. The molecule has 2 rings (SSSR count). The summed E-state index contributed by atoms with van der Waals surface area (Å²) in [6.45, 7) is 4.91. The van der Waals surface area contributed by atoms with Gasteiger partial charge in [0.25, 0.3) is 0 Å². The van der Waals surface area contributed by atoms with E-state index in [1.165, 1.54) is 0 Å². The summed E-state index contributed by atoms with van der Waals surface area (Å²) >= 11 is 12.4. The van der Waals surface area contributed by atoms with Gasteiger partial charge in [-0.25, -0.2) is 0 Å². The van der Waals surface area contributed by atoms with Gasteiger partial charge in [-0.1, -0.05) is 35.3 Å². The summed E-state index contributed by atoms with van der Waals surface area (Å²) in [5.41, 5.74) is 0.978. The molecule has 3 nitrogen and oxygen atoms in total. The average molecular weight is 323 g/mol. The summed E-state index contributed by atoms with van der Waals surface area (Å²) in [6, 6.07) is 5.70. The number of nitrogens with one attached hydrogen (secondary N) is 1. The van der Waals surface area contributed by atoms with Crippen molar-refractivity contribution in [2.45, 2.75) is 13.0 Å². The number of benzene rings is 1. The van der Waals surface area contributed by atoms with Gasteiger partial charge in [0.1, 0.15) is 5.84 Å². The van der Waals surface area contributed by atoms with Crippen LogP contribution in [0.4, 0.5) is 0 Å². The van der Waals surface area contributed by atoms with Gasteiger partial charge in [-0.2, -0.15) is 0 Å². The molecule has 0 aliphatic carbocycles. The van der Waals surface area contributed by atoms with E-state index >= 15 is 0 Å². The molecule has 0 fully saturated rings. The van der Waals surface area contributed by atoms with Crippen molar-refractivity contribution in [3.8, 4) is 0 Å². The highest BCUT2D eigenvalue weighted by atomic mass is 35.5. The number of halogens is 3. The summed E-state index contributed by atoms with van der Waals surface area (Å²) in [4.78, 5) is 6.85. The standard InChI is InChI=1S/C13H17Cl2N3.ClH/c1-3-18-8-7-17-13(18)12(16-2)9-5-4-6-10(14)11(9)15;/h4-6,12,16H,3,7-8H2,1-2H3;1H. The highest BCUT2D eigenvalue weighted by Gasteiger charge is 2.26. The highest BCUT2D eigenvalue weighted by molar-refractivity contribution is 6.42. The van der Waals surface area contributed by atoms with Crippen molar-refractivity contribution in [1.29, 1.82) is 0 Å². The number of amidine groups is 1. The zero-order valence-corrected chi connectivity index (χ0v) is 13.3. The first-order valence-electron chi connectivity index (χ1n) is 6.09. The molecule has 1 aromatic carbocycles. The molecule has 1 N–H and O–H groups in total. The van der Waals surface area contributed by atoms with Gasteiger partial charge in [-0.3, -0.25) is 4.99 Å². The Kier molecular flexibility index (Phi) is 6.40. The summed E-state index contributed by atoms with van der Waals surface area (Å²) in [5, 5.41) is 4.46. The van der Waals surface area contributed by atoms with Crippen LogP contribution in [0.3, 0.4) is 0 Å². The minimum atomic E-state index is -0.00125. The maximum Gasteiger partial charge on any atom is 0.121 e. The van der Waals surface area contributed by atoms with Gasteiger partial charge in [0.05, 0.1) is 22.6 Å². The van der Waals surface area contributed by atoms with Crippen molar-refractivity contribution in [3.05, 3.63) is 33.8 Å². The third kappa shape index (κ3) is 3.34. The van der Waals surface area contributed by atoms with Gasteiger partial charge >= 0.3 is 0 Å². The van der Waals surface area contributed by atoms with Crippen LogP contribution in [0.5, 0.6) is 0 Å².